The van der Waals surface area contributed by atoms with E-state index in [9.17, 15) is 15.0 Å². The molecule has 0 unspecified atom stereocenters. The van der Waals surface area contributed by atoms with Crippen LogP contribution in [0.3, 0.4) is 0 Å². The highest BCUT2D eigenvalue weighted by molar-refractivity contribution is 5.83. The first kappa shape index (κ1) is 15.8. The van der Waals surface area contributed by atoms with E-state index in [0.29, 0.717) is 18.6 Å². The molecule has 0 aliphatic heterocycles. The summed E-state index contributed by atoms with van der Waals surface area (Å²) < 4.78 is 7.63. The zero-order valence-corrected chi connectivity index (χ0v) is 13.3. The number of aliphatic hydroxyl groups excluding tert-OH is 2. The summed E-state index contributed by atoms with van der Waals surface area (Å²) in [5.41, 5.74) is 2.27. The molecule has 0 spiro atoms. The molecule has 0 bridgehead atoms. The van der Waals surface area contributed by atoms with Gasteiger partial charge in [0.2, 0.25) is 0 Å². The lowest BCUT2D eigenvalue weighted by Gasteiger charge is -2.18. The summed E-state index contributed by atoms with van der Waals surface area (Å²) in [6.07, 6.45) is -0.590. The van der Waals surface area contributed by atoms with E-state index < -0.39 is 18.2 Å². The summed E-state index contributed by atoms with van der Waals surface area (Å²) in [7, 11) is 2.01. The molecule has 1 aromatic carbocycles. The predicted molar refractivity (Wildman–Crippen MR) is 86.3 cm³/mol. The maximum Gasteiger partial charge on any atom is 0.258 e. The van der Waals surface area contributed by atoms with Crippen molar-refractivity contribution >= 4 is 16.8 Å². The molecule has 1 amide bonds. The molecule has 3 N–H and O–H groups in total. The topological polar surface area (TPSA) is 83.7 Å². The molecule has 1 fully saturated rings. The molecule has 1 aliphatic rings. The minimum Gasteiger partial charge on any atom is -0.484 e. The van der Waals surface area contributed by atoms with Gasteiger partial charge >= 0.3 is 0 Å². The summed E-state index contributed by atoms with van der Waals surface area (Å²) in [6.45, 7) is 1.92. The number of nitrogens with zero attached hydrogens (tertiary/aromatic N) is 1. The monoisotopic (exact) mass is 318 g/mol. The van der Waals surface area contributed by atoms with Crippen molar-refractivity contribution in [3.63, 3.8) is 0 Å². The maximum atomic E-state index is 11.9. The van der Waals surface area contributed by atoms with Crippen molar-refractivity contribution in [2.24, 2.45) is 7.05 Å². The Labute approximate surface area is 134 Å². The molecule has 0 saturated heterocycles. The number of rotatable bonds is 4. The van der Waals surface area contributed by atoms with Gasteiger partial charge in [0.1, 0.15) is 5.75 Å². The van der Waals surface area contributed by atoms with Gasteiger partial charge in [-0.25, -0.2) is 0 Å². The largest absolute Gasteiger partial charge is 0.484 e. The van der Waals surface area contributed by atoms with Crippen LogP contribution in [0.2, 0.25) is 0 Å². The van der Waals surface area contributed by atoms with E-state index in [1.165, 1.54) is 0 Å². The Morgan fingerprint density at radius 3 is 2.83 bits per heavy atom. The van der Waals surface area contributed by atoms with Crippen LogP contribution < -0.4 is 10.1 Å². The minimum absolute atomic E-state index is 0.114. The first-order valence-electron chi connectivity index (χ1n) is 7.80. The molecule has 1 saturated carbocycles. The summed E-state index contributed by atoms with van der Waals surface area (Å²) in [6, 6.07) is 7.37. The van der Waals surface area contributed by atoms with Crippen LogP contribution in [0.5, 0.6) is 5.75 Å². The number of aryl methyl sites for hydroxylation is 2. The lowest BCUT2D eigenvalue weighted by atomic mass is 10.2. The maximum absolute atomic E-state index is 11.9. The zero-order valence-electron chi connectivity index (χ0n) is 13.3. The SMILES string of the molecule is Cc1cc2cc(OCC(=O)N[C@@H]3CC[C@@H](O)[C@@H]3O)ccc2n1C. The van der Waals surface area contributed by atoms with Crippen molar-refractivity contribution in [2.45, 2.75) is 38.0 Å². The van der Waals surface area contributed by atoms with Gasteiger partial charge in [0.15, 0.2) is 6.61 Å². The van der Waals surface area contributed by atoms with Gasteiger partial charge in [-0.3, -0.25) is 4.79 Å². The Morgan fingerprint density at radius 1 is 1.35 bits per heavy atom. The molecule has 3 rings (SSSR count). The molecular formula is C17H22N2O4. The molecule has 0 radical (unpaired) electrons. The van der Waals surface area contributed by atoms with Gasteiger partial charge in [-0.2, -0.15) is 0 Å². The second-order valence-corrected chi connectivity index (χ2v) is 6.16. The van der Waals surface area contributed by atoms with Gasteiger partial charge in [0.25, 0.3) is 5.91 Å². The molecular weight excluding hydrogens is 296 g/mol. The average Bonchev–Trinajstić information content (AvgIpc) is 2.99. The Balaban J connectivity index is 1.58. The molecule has 6 heteroatoms. The van der Waals surface area contributed by atoms with Crippen LogP contribution in [0, 0.1) is 6.92 Å². The third kappa shape index (κ3) is 3.18. The van der Waals surface area contributed by atoms with Gasteiger partial charge in [0, 0.05) is 23.6 Å². The van der Waals surface area contributed by atoms with Crippen LogP contribution >= 0.6 is 0 Å². The van der Waals surface area contributed by atoms with Crippen LogP contribution in [0.25, 0.3) is 10.9 Å². The summed E-state index contributed by atoms with van der Waals surface area (Å²) in [5.74, 6) is 0.331. The number of benzene rings is 1. The third-order valence-electron chi connectivity index (χ3n) is 4.55. The molecule has 3 atom stereocenters. The van der Waals surface area contributed by atoms with Crippen molar-refractivity contribution in [1.29, 1.82) is 0 Å². The Kier molecular flexibility index (Phi) is 4.28. The van der Waals surface area contributed by atoms with Crippen LogP contribution in [-0.2, 0) is 11.8 Å². The molecule has 1 aromatic heterocycles. The summed E-state index contributed by atoms with van der Waals surface area (Å²) >= 11 is 0. The van der Waals surface area contributed by atoms with Gasteiger partial charge < -0.3 is 24.8 Å². The van der Waals surface area contributed by atoms with Gasteiger partial charge in [-0.05, 0) is 44.0 Å². The lowest BCUT2D eigenvalue weighted by molar-refractivity contribution is -0.124. The highest BCUT2D eigenvalue weighted by atomic mass is 16.5. The standard InChI is InChI=1S/C17H22N2O4/c1-10-7-11-8-12(3-5-14(11)19(10)2)23-9-16(21)18-13-4-6-15(20)17(13)22/h3,5,7-8,13,15,17,20,22H,4,6,9H2,1-2H3,(H,18,21)/t13-,15-,17-/m1/s1. The van der Waals surface area contributed by atoms with Crippen LogP contribution in [0.4, 0.5) is 0 Å². The van der Waals surface area contributed by atoms with E-state index in [1.54, 1.807) is 0 Å². The predicted octanol–water partition coefficient (Wildman–Crippen LogP) is 0.866. The van der Waals surface area contributed by atoms with Crippen molar-refractivity contribution < 1.29 is 19.7 Å². The minimum atomic E-state index is -0.900. The molecule has 6 nitrogen and oxygen atoms in total. The van der Waals surface area contributed by atoms with E-state index in [0.717, 1.165) is 16.6 Å². The number of ether oxygens (including phenoxy) is 1. The number of carbonyl (C=O) groups is 1. The van der Waals surface area contributed by atoms with Gasteiger partial charge in [-0.1, -0.05) is 0 Å². The summed E-state index contributed by atoms with van der Waals surface area (Å²) in [5, 5.41) is 23.0. The first-order valence-corrected chi connectivity index (χ1v) is 7.80. The van der Waals surface area contributed by atoms with Crippen LogP contribution in [0.1, 0.15) is 18.5 Å². The fourth-order valence-electron chi connectivity index (χ4n) is 3.07. The molecule has 1 heterocycles. The Morgan fingerprint density at radius 2 is 2.13 bits per heavy atom. The number of hydrogen-bond acceptors (Lipinski definition) is 4. The third-order valence-corrected chi connectivity index (χ3v) is 4.55. The van der Waals surface area contributed by atoms with E-state index in [-0.39, 0.29) is 12.5 Å². The number of amides is 1. The van der Waals surface area contributed by atoms with E-state index in [4.69, 9.17) is 4.74 Å². The fraction of sp³-hybridized carbons (Fsp3) is 0.471. The molecule has 2 aromatic rings. The fourth-order valence-corrected chi connectivity index (χ4v) is 3.07. The highest BCUT2D eigenvalue weighted by Crippen LogP contribution is 2.23. The van der Waals surface area contributed by atoms with Crippen molar-refractivity contribution in [2.75, 3.05) is 6.61 Å². The van der Waals surface area contributed by atoms with Crippen molar-refractivity contribution in [3.05, 3.63) is 30.0 Å². The Hall–Kier alpha value is -2.05. The van der Waals surface area contributed by atoms with Crippen LogP contribution in [-0.4, -0.2) is 45.5 Å². The summed E-state index contributed by atoms with van der Waals surface area (Å²) in [4.78, 5) is 11.9. The zero-order chi connectivity index (χ0) is 16.6. The van der Waals surface area contributed by atoms with E-state index in [2.05, 4.69) is 16.0 Å². The van der Waals surface area contributed by atoms with Gasteiger partial charge in [0.05, 0.1) is 18.2 Å². The van der Waals surface area contributed by atoms with Crippen molar-refractivity contribution in [1.82, 2.24) is 9.88 Å². The quantitative estimate of drug-likeness (QED) is 0.781. The number of hydrogen-bond donors (Lipinski definition) is 3. The van der Waals surface area contributed by atoms with Crippen LogP contribution in [0.15, 0.2) is 24.3 Å². The average molecular weight is 318 g/mol. The highest BCUT2D eigenvalue weighted by Gasteiger charge is 2.34. The number of carbonyl (C=O) groups excluding carboxylic acids is 1. The molecule has 124 valence electrons. The number of aromatic nitrogens is 1. The lowest BCUT2D eigenvalue weighted by Crippen LogP contribution is -2.44. The number of aliphatic hydroxyl groups is 2. The van der Waals surface area contributed by atoms with Crippen molar-refractivity contribution in [3.8, 4) is 5.75 Å². The second kappa shape index (κ2) is 6.22. The van der Waals surface area contributed by atoms with E-state index >= 15 is 0 Å². The van der Waals surface area contributed by atoms with E-state index in [1.807, 2.05) is 32.2 Å². The Bertz CT molecular complexity index is 725. The number of fused-ring (bicyclic) bond motifs is 1. The number of nitrogens with one attached hydrogen (secondary N) is 1. The van der Waals surface area contributed by atoms with Gasteiger partial charge in [-0.15, -0.1) is 0 Å². The first-order chi connectivity index (χ1) is 11.0. The molecule has 1 aliphatic carbocycles. The smallest absolute Gasteiger partial charge is 0.258 e. The molecule has 23 heavy (non-hydrogen) atoms. The normalized spacial score (nSPS) is 24.1. The second-order valence-electron chi connectivity index (χ2n) is 6.16.